The molecule has 2 aliphatic carbocycles. The molecule has 0 bridgehead atoms. The number of imide groups is 1. The molecule has 0 aromatic carbocycles. The van der Waals surface area contributed by atoms with Crippen molar-refractivity contribution in [2.45, 2.75) is 38.4 Å². The Balaban J connectivity index is 1.53. The molecule has 1 unspecified atom stereocenters. The molecule has 3 aliphatic rings. The SMILES string of the molecule is Cc1nnc(C[N+]2=C3C=CC(S(=O)(=O)NC4(CF)CC4)=CC3C(=O)N(Cc3cnn(C)c3)C2=O)o1. The first-order chi connectivity index (χ1) is 16.6. The summed E-state index contributed by atoms with van der Waals surface area (Å²) in [4.78, 5) is 27.7. The average molecular weight is 505 g/mol. The lowest BCUT2D eigenvalue weighted by molar-refractivity contribution is -0.460. The van der Waals surface area contributed by atoms with E-state index >= 15 is 0 Å². The van der Waals surface area contributed by atoms with Crippen LogP contribution in [0.25, 0.3) is 0 Å². The van der Waals surface area contributed by atoms with Crippen LogP contribution in [0.2, 0.25) is 0 Å². The van der Waals surface area contributed by atoms with E-state index in [0.29, 0.717) is 24.3 Å². The van der Waals surface area contributed by atoms with Gasteiger partial charge in [-0.3, -0.25) is 4.68 Å². The topological polar surface area (TPSA) is 143 Å². The Morgan fingerprint density at radius 1 is 1.29 bits per heavy atom. The molecule has 2 aromatic heterocycles. The zero-order valence-electron chi connectivity index (χ0n) is 19.0. The van der Waals surface area contributed by atoms with Crippen LogP contribution in [-0.2, 0) is 35.0 Å². The van der Waals surface area contributed by atoms with E-state index in [1.807, 2.05) is 0 Å². The molecule has 0 radical (unpaired) electrons. The van der Waals surface area contributed by atoms with Crippen molar-refractivity contribution in [3.63, 3.8) is 0 Å². The van der Waals surface area contributed by atoms with E-state index in [1.54, 1.807) is 24.9 Å². The van der Waals surface area contributed by atoms with E-state index in [4.69, 9.17) is 4.42 Å². The van der Waals surface area contributed by atoms with Gasteiger partial charge in [0, 0.05) is 25.7 Å². The lowest BCUT2D eigenvalue weighted by atomic mass is 9.94. The number of amides is 3. The Kier molecular flexibility index (Phi) is 5.51. The van der Waals surface area contributed by atoms with Gasteiger partial charge in [0.25, 0.3) is 5.89 Å². The van der Waals surface area contributed by atoms with Crippen molar-refractivity contribution >= 4 is 27.7 Å². The molecule has 12 nitrogen and oxygen atoms in total. The van der Waals surface area contributed by atoms with Gasteiger partial charge in [0.15, 0.2) is 6.54 Å². The zero-order valence-corrected chi connectivity index (χ0v) is 19.8. The minimum absolute atomic E-state index is 0.0580. The van der Waals surface area contributed by atoms with Crippen molar-refractivity contribution in [2.75, 3.05) is 6.67 Å². The third-order valence-corrected chi connectivity index (χ3v) is 7.70. The number of alkyl halides is 1. The van der Waals surface area contributed by atoms with Crippen molar-refractivity contribution in [3.05, 3.63) is 52.9 Å². The second kappa shape index (κ2) is 8.30. The third kappa shape index (κ3) is 4.34. The van der Waals surface area contributed by atoms with Gasteiger partial charge in [-0.2, -0.15) is 19.4 Å². The summed E-state index contributed by atoms with van der Waals surface area (Å²) in [6.07, 6.45) is 8.01. The molecule has 35 heavy (non-hydrogen) atoms. The second-order valence-electron chi connectivity index (χ2n) is 8.85. The van der Waals surface area contributed by atoms with E-state index in [2.05, 4.69) is 20.0 Å². The predicted molar refractivity (Wildman–Crippen MR) is 118 cm³/mol. The van der Waals surface area contributed by atoms with Crippen LogP contribution in [0.15, 0.2) is 39.9 Å². The van der Waals surface area contributed by atoms with E-state index < -0.39 is 40.1 Å². The van der Waals surface area contributed by atoms with Gasteiger partial charge in [-0.1, -0.05) is 0 Å². The summed E-state index contributed by atoms with van der Waals surface area (Å²) >= 11 is 0. The van der Waals surface area contributed by atoms with Gasteiger partial charge in [0.1, 0.15) is 24.8 Å². The van der Waals surface area contributed by atoms with Crippen LogP contribution < -0.4 is 4.72 Å². The first-order valence-corrected chi connectivity index (χ1v) is 12.4. The molecule has 2 aromatic rings. The zero-order chi connectivity index (χ0) is 25.0. The summed E-state index contributed by atoms with van der Waals surface area (Å²) in [6, 6.07) is -0.613. The van der Waals surface area contributed by atoms with Crippen molar-refractivity contribution in [1.82, 2.24) is 29.6 Å². The number of aryl methyl sites for hydroxylation is 2. The summed E-state index contributed by atoms with van der Waals surface area (Å²) < 4.78 is 49.9. The van der Waals surface area contributed by atoms with Crippen LogP contribution in [-0.4, -0.2) is 67.7 Å². The Hall–Kier alpha value is -3.52. The number of sulfonamides is 1. The highest BCUT2D eigenvalue weighted by atomic mass is 32.2. The van der Waals surface area contributed by atoms with Crippen molar-refractivity contribution in [1.29, 1.82) is 0 Å². The molecule has 1 N–H and O–H groups in total. The molecule has 184 valence electrons. The Morgan fingerprint density at radius 2 is 2.06 bits per heavy atom. The highest BCUT2D eigenvalue weighted by Crippen LogP contribution is 2.37. The molecule has 0 spiro atoms. The minimum atomic E-state index is -4.08. The molecule has 5 rings (SSSR count). The number of carbonyl (C=O) groups excluding carboxylic acids is 2. The Morgan fingerprint density at radius 3 is 2.66 bits per heavy atom. The van der Waals surface area contributed by atoms with Gasteiger partial charge in [-0.05, 0) is 31.1 Å². The van der Waals surface area contributed by atoms with Crippen molar-refractivity contribution in [2.24, 2.45) is 13.0 Å². The van der Waals surface area contributed by atoms with Crippen LogP contribution in [0.5, 0.6) is 0 Å². The van der Waals surface area contributed by atoms with E-state index in [-0.39, 0.29) is 29.6 Å². The average Bonchev–Trinajstić information content (AvgIpc) is 3.26. The maximum atomic E-state index is 13.4. The van der Waals surface area contributed by atoms with Crippen molar-refractivity contribution < 1.29 is 31.4 Å². The maximum absolute atomic E-state index is 13.4. The lowest BCUT2D eigenvalue weighted by Gasteiger charge is -2.27. The third-order valence-electron chi connectivity index (χ3n) is 6.10. The van der Waals surface area contributed by atoms with Crippen LogP contribution in [0.3, 0.4) is 0 Å². The molecule has 0 saturated heterocycles. The van der Waals surface area contributed by atoms with Gasteiger partial charge < -0.3 is 4.42 Å². The maximum Gasteiger partial charge on any atom is 0.501 e. The van der Waals surface area contributed by atoms with Crippen LogP contribution >= 0.6 is 0 Å². The Labute approximate surface area is 199 Å². The highest BCUT2D eigenvalue weighted by molar-refractivity contribution is 7.93. The first-order valence-electron chi connectivity index (χ1n) is 10.9. The van der Waals surface area contributed by atoms with E-state index in [1.165, 1.54) is 29.0 Å². The van der Waals surface area contributed by atoms with Gasteiger partial charge in [-0.15, -0.1) is 10.2 Å². The number of halogens is 1. The molecule has 1 fully saturated rings. The predicted octanol–water partition coefficient (Wildman–Crippen LogP) is 0.719. The summed E-state index contributed by atoms with van der Waals surface area (Å²) in [5.41, 5.74) is -0.184. The normalized spacial score (nSPS) is 21.4. The molecule has 14 heteroatoms. The molecular weight excluding hydrogens is 481 g/mol. The number of carbonyl (C=O) groups is 2. The summed E-state index contributed by atoms with van der Waals surface area (Å²) in [5.74, 6) is -1.18. The number of aromatic nitrogens is 4. The van der Waals surface area contributed by atoms with Crippen LogP contribution in [0, 0.1) is 12.8 Å². The number of allylic oxidation sites excluding steroid dienone is 2. The number of rotatable bonds is 8. The van der Waals surface area contributed by atoms with Gasteiger partial charge in [0.05, 0.1) is 16.6 Å². The number of nitrogens with one attached hydrogen (secondary N) is 1. The molecule has 1 atom stereocenters. The van der Waals surface area contributed by atoms with Crippen molar-refractivity contribution in [3.8, 4) is 0 Å². The summed E-state index contributed by atoms with van der Waals surface area (Å²) in [7, 11) is -2.37. The van der Waals surface area contributed by atoms with Gasteiger partial charge in [0.2, 0.25) is 15.9 Å². The first kappa shape index (κ1) is 23.2. The molecule has 1 aliphatic heterocycles. The van der Waals surface area contributed by atoms with Gasteiger partial charge in [-0.25, -0.2) is 22.3 Å². The fourth-order valence-corrected chi connectivity index (χ4v) is 5.57. The van der Waals surface area contributed by atoms with Crippen LogP contribution in [0.4, 0.5) is 9.18 Å². The van der Waals surface area contributed by atoms with Gasteiger partial charge >= 0.3 is 11.9 Å². The number of hydrogen-bond acceptors (Lipinski definition) is 8. The molecule has 3 heterocycles. The fourth-order valence-electron chi connectivity index (χ4n) is 4.06. The largest absolute Gasteiger partial charge is 0.501 e. The molecule has 1 saturated carbocycles. The standard InChI is InChI=1S/C21H23FN7O5S/c1-13-24-25-18(34-13)11-28-17-4-3-15(35(32,33)26-21(12-22)5-6-21)7-16(17)19(30)29(20(28)31)10-14-8-23-27(2)9-14/h3-4,7-9,16,26H,5-6,10-12H2,1-2H3/q+1. The second-order valence-corrected chi connectivity index (χ2v) is 10.5. The lowest BCUT2D eigenvalue weighted by Crippen LogP contribution is -2.54. The fraction of sp³-hybridized carbons (Fsp3) is 0.429. The number of urea groups is 1. The van der Waals surface area contributed by atoms with E-state index in [9.17, 15) is 22.4 Å². The molecule has 3 amide bonds. The summed E-state index contributed by atoms with van der Waals surface area (Å²) in [6.45, 7) is 0.636. The quantitative estimate of drug-likeness (QED) is 0.518. The minimum Gasteiger partial charge on any atom is -0.421 e. The molecular formula is C21H23FN7O5S+. The monoisotopic (exact) mass is 504 g/mol. The Bertz CT molecular complexity index is 1420. The highest BCUT2D eigenvalue weighted by Gasteiger charge is 2.50. The van der Waals surface area contributed by atoms with Crippen LogP contribution in [0.1, 0.15) is 30.2 Å². The van der Waals surface area contributed by atoms with E-state index in [0.717, 1.165) is 4.90 Å². The number of nitrogens with zero attached hydrogens (tertiary/aromatic N) is 6. The number of hydrogen-bond donors (Lipinski definition) is 1. The summed E-state index contributed by atoms with van der Waals surface area (Å²) in [5, 5.41) is 11.8. The smallest absolute Gasteiger partial charge is 0.421 e. The number of fused-ring (bicyclic) bond motifs is 1.